The Balaban J connectivity index is 2.35. The van der Waals surface area contributed by atoms with Gasteiger partial charge in [-0.15, -0.1) is 0 Å². The topological polar surface area (TPSA) is 52.8 Å². The molecule has 0 saturated carbocycles. The molecule has 0 atom stereocenters. The monoisotopic (exact) mass is 160 g/mol. The highest BCUT2D eigenvalue weighted by molar-refractivity contribution is 5.50. The summed E-state index contributed by atoms with van der Waals surface area (Å²) in [6.07, 6.45) is 4.35. The lowest BCUT2D eigenvalue weighted by atomic mass is 10.2. The second-order valence-electron chi connectivity index (χ2n) is 2.68. The van der Waals surface area contributed by atoms with E-state index < -0.39 is 0 Å². The highest BCUT2D eigenvalue weighted by atomic mass is 15.2. The van der Waals surface area contributed by atoms with Crippen molar-refractivity contribution >= 4 is 5.82 Å². The summed E-state index contributed by atoms with van der Waals surface area (Å²) >= 11 is 0. The lowest BCUT2D eigenvalue weighted by Crippen LogP contribution is -2.38. The standard InChI is InChI=1S/C8H8N4/c9-6-7-8(11-3-2-10-7)12-4-1-5-12/h2-3H,1,4-5H2. The Hall–Kier alpha value is -1.63. The first-order chi connectivity index (χ1) is 5.92. The molecule has 1 aliphatic rings. The molecule has 0 aromatic carbocycles. The summed E-state index contributed by atoms with van der Waals surface area (Å²) in [6.45, 7) is 1.99. The molecular weight excluding hydrogens is 152 g/mol. The van der Waals surface area contributed by atoms with Crippen LogP contribution in [-0.4, -0.2) is 23.1 Å². The van der Waals surface area contributed by atoms with Crippen LogP contribution in [0.15, 0.2) is 12.4 Å². The minimum Gasteiger partial charge on any atom is -0.354 e. The molecule has 1 saturated heterocycles. The Morgan fingerprint density at radius 2 is 2.08 bits per heavy atom. The maximum atomic E-state index is 8.71. The first kappa shape index (κ1) is 7.04. The van der Waals surface area contributed by atoms with Gasteiger partial charge in [0, 0.05) is 25.5 Å². The van der Waals surface area contributed by atoms with Crippen molar-refractivity contribution in [2.75, 3.05) is 18.0 Å². The first-order valence-electron chi connectivity index (χ1n) is 3.88. The number of nitrogens with zero attached hydrogens (tertiary/aromatic N) is 4. The number of hydrogen-bond donors (Lipinski definition) is 0. The van der Waals surface area contributed by atoms with Gasteiger partial charge in [0.1, 0.15) is 6.07 Å². The molecule has 2 rings (SSSR count). The van der Waals surface area contributed by atoms with Crippen molar-refractivity contribution in [1.82, 2.24) is 9.97 Å². The largest absolute Gasteiger partial charge is 0.354 e. The van der Waals surface area contributed by atoms with Crippen LogP contribution in [0.25, 0.3) is 0 Å². The Labute approximate surface area is 70.5 Å². The molecule has 1 fully saturated rings. The molecule has 0 N–H and O–H groups in total. The second-order valence-corrected chi connectivity index (χ2v) is 2.68. The SMILES string of the molecule is N#Cc1nccnc1N1CCC1. The van der Waals surface area contributed by atoms with E-state index in [1.807, 2.05) is 6.07 Å². The molecule has 1 aromatic rings. The van der Waals surface area contributed by atoms with Gasteiger partial charge < -0.3 is 4.90 Å². The van der Waals surface area contributed by atoms with Crippen molar-refractivity contribution in [1.29, 1.82) is 5.26 Å². The maximum Gasteiger partial charge on any atom is 0.183 e. The van der Waals surface area contributed by atoms with Gasteiger partial charge in [0.2, 0.25) is 0 Å². The number of nitriles is 1. The van der Waals surface area contributed by atoms with E-state index in [1.54, 1.807) is 12.4 Å². The molecule has 0 spiro atoms. The summed E-state index contributed by atoms with van der Waals surface area (Å²) in [6, 6.07) is 2.03. The van der Waals surface area contributed by atoms with E-state index in [9.17, 15) is 0 Å². The number of hydrogen-bond acceptors (Lipinski definition) is 4. The van der Waals surface area contributed by atoms with E-state index >= 15 is 0 Å². The van der Waals surface area contributed by atoms with E-state index in [4.69, 9.17) is 5.26 Å². The molecule has 0 bridgehead atoms. The lowest BCUT2D eigenvalue weighted by molar-refractivity contribution is 0.607. The molecule has 0 radical (unpaired) electrons. The van der Waals surface area contributed by atoms with Crippen molar-refractivity contribution in [3.05, 3.63) is 18.1 Å². The Morgan fingerprint density at radius 1 is 1.33 bits per heavy atom. The third kappa shape index (κ3) is 0.996. The normalized spacial score (nSPS) is 15.1. The van der Waals surface area contributed by atoms with Crippen molar-refractivity contribution in [2.24, 2.45) is 0 Å². The number of aromatic nitrogens is 2. The Kier molecular flexibility index (Phi) is 1.63. The molecular formula is C8H8N4. The maximum absolute atomic E-state index is 8.71. The van der Waals surface area contributed by atoms with Gasteiger partial charge >= 0.3 is 0 Å². The Bertz CT molecular complexity index is 324. The zero-order valence-corrected chi connectivity index (χ0v) is 6.56. The van der Waals surface area contributed by atoms with Crippen LogP contribution in [0.2, 0.25) is 0 Å². The molecule has 1 aliphatic heterocycles. The van der Waals surface area contributed by atoms with Crippen LogP contribution in [0, 0.1) is 11.3 Å². The fourth-order valence-corrected chi connectivity index (χ4v) is 1.17. The summed E-state index contributed by atoms with van der Waals surface area (Å²) in [5, 5.41) is 8.71. The summed E-state index contributed by atoms with van der Waals surface area (Å²) in [7, 11) is 0. The highest BCUT2D eigenvalue weighted by Gasteiger charge is 2.19. The summed E-state index contributed by atoms with van der Waals surface area (Å²) in [5.74, 6) is 0.728. The van der Waals surface area contributed by atoms with Gasteiger partial charge in [-0.25, -0.2) is 9.97 Å². The van der Waals surface area contributed by atoms with E-state index in [0.717, 1.165) is 18.9 Å². The van der Waals surface area contributed by atoms with Crippen molar-refractivity contribution in [3.63, 3.8) is 0 Å². The summed E-state index contributed by atoms with van der Waals surface area (Å²) in [5.41, 5.74) is 0.428. The zero-order chi connectivity index (χ0) is 8.39. The van der Waals surface area contributed by atoms with Gasteiger partial charge in [-0.3, -0.25) is 0 Å². The second kappa shape index (κ2) is 2.78. The summed E-state index contributed by atoms with van der Waals surface area (Å²) < 4.78 is 0. The van der Waals surface area contributed by atoms with E-state index in [0.29, 0.717) is 5.69 Å². The third-order valence-electron chi connectivity index (χ3n) is 1.94. The van der Waals surface area contributed by atoms with Gasteiger partial charge in [-0.2, -0.15) is 5.26 Å². The van der Waals surface area contributed by atoms with Crippen LogP contribution in [0.5, 0.6) is 0 Å². The molecule has 4 heteroatoms. The average Bonchev–Trinajstić information content (AvgIpc) is 2.02. The van der Waals surface area contributed by atoms with Crippen LogP contribution in [0.4, 0.5) is 5.82 Å². The predicted octanol–water partition coefficient (Wildman–Crippen LogP) is 0.558. The minimum absolute atomic E-state index is 0.428. The van der Waals surface area contributed by atoms with Crippen molar-refractivity contribution < 1.29 is 0 Å². The van der Waals surface area contributed by atoms with E-state index in [1.165, 1.54) is 6.42 Å². The number of anilines is 1. The van der Waals surface area contributed by atoms with Gasteiger partial charge in [0.05, 0.1) is 0 Å². The summed E-state index contributed by atoms with van der Waals surface area (Å²) in [4.78, 5) is 10.1. The molecule has 0 unspecified atom stereocenters. The molecule has 4 nitrogen and oxygen atoms in total. The van der Waals surface area contributed by atoms with E-state index in [-0.39, 0.29) is 0 Å². The van der Waals surface area contributed by atoms with Crippen LogP contribution >= 0.6 is 0 Å². The molecule has 60 valence electrons. The molecule has 1 aromatic heterocycles. The quantitative estimate of drug-likeness (QED) is 0.602. The fraction of sp³-hybridized carbons (Fsp3) is 0.375. The van der Waals surface area contributed by atoms with Crippen LogP contribution in [0.1, 0.15) is 12.1 Å². The molecule has 0 amide bonds. The predicted molar refractivity (Wildman–Crippen MR) is 43.6 cm³/mol. The minimum atomic E-state index is 0.428. The highest BCUT2D eigenvalue weighted by Crippen LogP contribution is 2.19. The van der Waals surface area contributed by atoms with Gasteiger partial charge in [0.15, 0.2) is 11.5 Å². The average molecular weight is 160 g/mol. The smallest absolute Gasteiger partial charge is 0.183 e. The third-order valence-corrected chi connectivity index (χ3v) is 1.94. The van der Waals surface area contributed by atoms with E-state index in [2.05, 4.69) is 14.9 Å². The first-order valence-corrected chi connectivity index (χ1v) is 3.88. The molecule has 0 aliphatic carbocycles. The fourth-order valence-electron chi connectivity index (χ4n) is 1.17. The van der Waals surface area contributed by atoms with Crippen LogP contribution < -0.4 is 4.90 Å². The van der Waals surface area contributed by atoms with Crippen molar-refractivity contribution in [3.8, 4) is 6.07 Å². The Morgan fingerprint density at radius 3 is 2.67 bits per heavy atom. The van der Waals surface area contributed by atoms with Gasteiger partial charge in [0.25, 0.3) is 0 Å². The zero-order valence-electron chi connectivity index (χ0n) is 6.56. The molecule has 2 heterocycles. The van der Waals surface area contributed by atoms with Crippen molar-refractivity contribution in [2.45, 2.75) is 6.42 Å². The van der Waals surface area contributed by atoms with Gasteiger partial charge in [-0.05, 0) is 6.42 Å². The molecule has 12 heavy (non-hydrogen) atoms. The van der Waals surface area contributed by atoms with Gasteiger partial charge in [-0.1, -0.05) is 0 Å². The van der Waals surface area contributed by atoms with Crippen LogP contribution in [0.3, 0.4) is 0 Å². The lowest BCUT2D eigenvalue weighted by Gasteiger charge is -2.31. The van der Waals surface area contributed by atoms with Crippen LogP contribution in [-0.2, 0) is 0 Å². The number of rotatable bonds is 1.